The lowest BCUT2D eigenvalue weighted by Gasteiger charge is -2.12. The first-order valence-corrected chi connectivity index (χ1v) is 13.6. The van der Waals surface area contributed by atoms with Crippen molar-refractivity contribution in [1.82, 2.24) is 14.9 Å². The Labute approximate surface area is 231 Å². The zero-order chi connectivity index (χ0) is 27.6. The summed E-state index contributed by atoms with van der Waals surface area (Å²) < 4.78 is 19.0. The number of rotatable bonds is 14. The molecule has 0 spiro atoms. The first-order chi connectivity index (χ1) is 19.0. The standard InChI is InChI=1S/C32H39N3O4/c1-23-13-14-24(2)29(20-23)39-19-8-7-18-35-27-11-6-5-10-26(27)34-31(35)12-9-17-33-32(36)22-25-15-16-28(37-3)30(21-25)38-4/h5-6,10-11,13-16,20-21H,7-9,12,17-19,22H2,1-4H3,(H,33,36). The summed E-state index contributed by atoms with van der Waals surface area (Å²) in [6.45, 7) is 6.34. The van der Waals surface area contributed by atoms with Crippen molar-refractivity contribution in [3.05, 3.63) is 83.2 Å². The Bertz CT molecular complexity index is 1400. The van der Waals surface area contributed by atoms with E-state index in [1.165, 1.54) is 11.1 Å². The van der Waals surface area contributed by atoms with Crippen LogP contribution in [0, 0.1) is 13.8 Å². The maximum absolute atomic E-state index is 12.5. The molecule has 1 N–H and O–H groups in total. The third kappa shape index (κ3) is 7.53. The molecule has 0 bridgehead atoms. The molecule has 7 heteroatoms. The summed E-state index contributed by atoms with van der Waals surface area (Å²) in [5, 5.41) is 3.04. The second-order valence-electron chi connectivity index (χ2n) is 9.81. The van der Waals surface area contributed by atoms with Crippen molar-refractivity contribution in [2.75, 3.05) is 27.4 Å². The molecule has 1 heterocycles. The summed E-state index contributed by atoms with van der Waals surface area (Å²) in [6, 6.07) is 20.1. The molecule has 0 aliphatic rings. The molecule has 0 saturated carbocycles. The van der Waals surface area contributed by atoms with Gasteiger partial charge in [-0.05, 0) is 80.1 Å². The number of benzene rings is 3. The molecule has 4 rings (SSSR count). The van der Waals surface area contributed by atoms with E-state index in [2.05, 4.69) is 60.1 Å². The van der Waals surface area contributed by atoms with Crippen LogP contribution in [0.4, 0.5) is 0 Å². The van der Waals surface area contributed by atoms with E-state index in [-0.39, 0.29) is 5.91 Å². The molecule has 0 aliphatic carbocycles. The van der Waals surface area contributed by atoms with Crippen molar-refractivity contribution in [1.29, 1.82) is 0 Å². The number of hydrogen-bond acceptors (Lipinski definition) is 5. The minimum atomic E-state index is -0.0143. The lowest BCUT2D eigenvalue weighted by atomic mass is 10.1. The van der Waals surface area contributed by atoms with Crippen LogP contribution in [-0.2, 0) is 24.2 Å². The predicted molar refractivity (Wildman–Crippen MR) is 155 cm³/mol. The number of para-hydroxylation sites is 2. The molecule has 0 radical (unpaired) electrons. The Hall–Kier alpha value is -4.00. The summed E-state index contributed by atoms with van der Waals surface area (Å²) in [5.41, 5.74) is 5.42. The number of aromatic nitrogens is 2. The van der Waals surface area contributed by atoms with Crippen LogP contribution in [0.5, 0.6) is 17.2 Å². The van der Waals surface area contributed by atoms with Crippen LogP contribution in [0.2, 0.25) is 0 Å². The summed E-state index contributed by atoms with van der Waals surface area (Å²) in [6.07, 6.45) is 3.87. The molecule has 3 aromatic carbocycles. The number of nitrogens with one attached hydrogen (secondary N) is 1. The van der Waals surface area contributed by atoms with Gasteiger partial charge in [0, 0.05) is 19.5 Å². The maximum atomic E-state index is 12.5. The van der Waals surface area contributed by atoms with Crippen molar-refractivity contribution in [3.8, 4) is 17.2 Å². The number of methoxy groups -OCH3 is 2. The number of imidazole rings is 1. The van der Waals surface area contributed by atoms with Gasteiger partial charge >= 0.3 is 0 Å². The average molecular weight is 530 g/mol. The highest BCUT2D eigenvalue weighted by Gasteiger charge is 2.12. The van der Waals surface area contributed by atoms with E-state index >= 15 is 0 Å². The summed E-state index contributed by atoms with van der Waals surface area (Å²) in [5.74, 6) is 3.29. The number of ether oxygens (including phenoxy) is 3. The van der Waals surface area contributed by atoms with E-state index in [1.807, 2.05) is 24.3 Å². The SMILES string of the molecule is COc1ccc(CC(=O)NCCCc2nc3ccccc3n2CCCCOc2cc(C)ccc2C)cc1OC. The molecule has 0 fully saturated rings. The van der Waals surface area contributed by atoms with Gasteiger partial charge in [0.2, 0.25) is 5.91 Å². The first kappa shape index (κ1) is 28.0. The molecule has 0 atom stereocenters. The number of nitrogens with zero attached hydrogens (tertiary/aromatic N) is 2. The monoisotopic (exact) mass is 529 g/mol. The van der Waals surface area contributed by atoms with Gasteiger partial charge in [-0.1, -0.05) is 30.3 Å². The smallest absolute Gasteiger partial charge is 0.224 e. The zero-order valence-electron chi connectivity index (χ0n) is 23.5. The van der Waals surface area contributed by atoms with Gasteiger partial charge in [0.05, 0.1) is 38.3 Å². The van der Waals surface area contributed by atoms with Crippen molar-refractivity contribution in [2.45, 2.75) is 52.5 Å². The van der Waals surface area contributed by atoms with Crippen LogP contribution in [0.15, 0.2) is 60.7 Å². The van der Waals surface area contributed by atoms with Crippen molar-refractivity contribution >= 4 is 16.9 Å². The van der Waals surface area contributed by atoms with Crippen LogP contribution in [0.3, 0.4) is 0 Å². The quantitative estimate of drug-likeness (QED) is 0.208. The Morgan fingerprint density at radius 1 is 0.897 bits per heavy atom. The van der Waals surface area contributed by atoms with E-state index in [4.69, 9.17) is 19.2 Å². The Morgan fingerprint density at radius 3 is 2.54 bits per heavy atom. The fraction of sp³-hybridized carbons (Fsp3) is 0.375. The van der Waals surface area contributed by atoms with E-state index in [0.29, 0.717) is 31.1 Å². The Morgan fingerprint density at radius 2 is 1.72 bits per heavy atom. The van der Waals surface area contributed by atoms with Gasteiger partial charge < -0.3 is 24.1 Å². The number of carbonyl (C=O) groups excluding carboxylic acids is 1. The van der Waals surface area contributed by atoms with Gasteiger partial charge in [-0.25, -0.2) is 4.98 Å². The van der Waals surface area contributed by atoms with Crippen molar-refractivity contribution in [3.63, 3.8) is 0 Å². The predicted octanol–water partition coefficient (Wildman–Crippen LogP) is 5.82. The second kappa shape index (κ2) is 13.7. The molecule has 39 heavy (non-hydrogen) atoms. The van der Waals surface area contributed by atoms with Crippen LogP contribution >= 0.6 is 0 Å². The van der Waals surface area contributed by atoms with E-state index < -0.39 is 0 Å². The average Bonchev–Trinajstić information content (AvgIpc) is 3.29. The molecule has 0 aliphatic heterocycles. The summed E-state index contributed by atoms with van der Waals surface area (Å²) >= 11 is 0. The van der Waals surface area contributed by atoms with Crippen LogP contribution in [-0.4, -0.2) is 42.8 Å². The number of carbonyl (C=O) groups is 1. The topological polar surface area (TPSA) is 74.6 Å². The maximum Gasteiger partial charge on any atom is 0.224 e. The van der Waals surface area contributed by atoms with Gasteiger partial charge in [-0.15, -0.1) is 0 Å². The molecule has 1 amide bonds. The van der Waals surface area contributed by atoms with Gasteiger partial charge in [0.15, 0.2) is 11.5 Å². The second-order valence-corrected chi connectivity index (χ2v) is 9.81. The van der Waals surface area contributed by atoms with Crippen LogP contribution < -0.4 is 19.5 Å². The largest absolute Gasteiger partial charge is 0.493 e. The highest BCUT2D eigenvalue weighted by atomic mass is 16.5. The highest BCUT2D eigenvalue weighted by molar-refractivity contribution is 5.79. The van der Waals surface area contributed by atoms with E-state index in [1.54, 1.807) is 14.2 Å². The number of amides is 1. The molecular weight excluding hydrogens is 490 g/mol. The van der Waals surface area contributed by atoms with Crippen LogP contribution in [0.25, 0.3) is 11.0 Å². The van der Waals surface area contributed by atoms with E-state index in [0.717, 1.165) is 60.4 Å². The number of unbranched alkanes of at least 4 members (excludes halogenated alkanes) is 1. The van der Waals surface area contributed by atoms with Crippen LogP contribution in [0.1, 0.15) is 41.8 Å². The van der Waals surface area contributed by atoms with Gasteiger partial charge in [0.1, 0.15) is 11.6 Å². The Kier molecular flexibility index (Phi) is 9.84. The van der Waals surface area contributed by atoms with E-state index in [9.17, 15) is 4.79 Å². The fourth-order valence-electron chi connectivity index (χ4n) is 4.70. The van der Waals surface area contributed by atoms with Gasteiger partial charge in [-0.2, -0.15) is 0 Å². The molecular formula is C32H39N3O4. The number of fused-ring (bicyclic) bond motifs is 1. The fourth-order valence-corrected chi connectivity index (χ4v) is 4.70. The Balaban J connectivity index is 1.27. The lowest BCUT2D eigenvalue weighted by Crippen LogP contribution is -2.26. The zero-order valence-corrected chi connectivity index (χ0v) is 23.5. The minimum absolute atomic E-state index is 0.0143. The molecule has 0 saturated heterocycles. The van der Waals surface area contributed by atoms with Crippen molar-refractivity contribution < 1.29 is 19.0 Å². The molecule has 0 unspecified atom stereocenters. The first-order valence-electron chi connectivity index (χ1n) is 13.6. The third-order valence-electron chi connectivity index (χ3n) is 6.82. The summed E-state index contributed by atoms with van der Waals surface area (Å²) in [4.78, 5) is 17.4. The van der Waals surface area contributed by atoms with Gasteiger partial charge in [0.25, 0.3) is 0 Å². The third-order valence-corrected chi connectivity index (χ3v) is 6.82. The number of aryl methyl sites for hydroxylation is 4. The highest BCUT2D eigenvalue weighted by Crippen LogP contribution is 2.27. The number of hydrogen-bond donors (Lipinski definition) is 1. The molecule has 1 aromatic heterocycles. The summed E-state index contributed by atoms with van der Waals surface area (Å²) in [7, 11) is 3.19. The van der Waals surface area contributed by atoms with Gasteiger partial charge in [-0.3, -0.25) is 4.79 Å². The normalized spacial score (nSPS) is 11.0. The van der Waals surface area contributed by atoms with Crippen molar-refractivity contribution in [2.24, 2.45) is 0 Å². The molecule has 4 aromatic rings. The molecule has 7 nitrogen and oxygen atoms in total. The molecule has 206 valence electrons. The minimum Gasteiger partial charge on any atom is -0.493 e. The lowest BCUT2D eigenvalue weighted by molar-refractivity contribution is -0.120.